The highest BCUT2D eigenvalue weighted by molar-refractivity contribution is 8.00. The number of hydrogen-bond acceptors (Lipinski definition) is 4. The van der Waals surface area contributed by atoms with E-state index in [-0.39, 0.29) is 17.1 Å². The lowest BCUT2D eigenvalue weighted by atomic mass is 10.4. The largest absolute Gasteiger partial charge is 0.279 e. The molecular weight excluding hydrogens is 292 g/mol. The fraction of sp³-hybridized carbons (Fsp3) is 0.143. The van der Waals surface area contributed by atoms with Gasteiger partial charge in [-0.15, -0.1) is 23.1 Å². The molecule has 20 heavy (non-hydrogen) atoms. The lowest BCUT2D eigenvalue weighted by molar-refractivity contribution is -0.121. The van der Waals surface area contributed by atoms with Crippen LogP contribution >= 0.6 is 23.1 Å². The number of benzene rings is 1. The number of carbonyl (C=O) groups excluding carboxylic acids is 2. The Morgan fingerprint density at radius 3 is 2.50 bits per heavy atom. The first-order valence-electron chi connectivity index (χ1n) is 6.02. The summed E-state index contributed by atoms with van der Waals surface area (Å²) >= 11 is 2.77. The summed E-state index contributed by atoms with van der Waals surface area (Å²) in [7, 11) is 0. The predicted molar refractivity (Wildman–Crippen MR) is 81.7 cm³/mol. The van der Waals surface area contributed by atoms with Gasteiger partial charge >= 0.3 is 0 Å². The van der Waals surface area contributed by atoms with E-state index < -0.39 is 0 Å². The second kappa shape index (κ2) is 7.12. The second-order valence-electron chi connectivity index (χ2n) is 3.99. The number of carbonyl (C=O) groups is 2. The molecule has 0 aliphatic heterocycles. The maximum Gasteiger partial charge on any atom is 0.279 e. The monoisotopic (exact) mass is 306 g/mol. The van der Waals surface area contributed by atoms with Gasteiger partial charge in [0.15, 0.2) is 0 Å². The second-order valence-corrected chi connectivity index (χ2v) is 6.36. The molecule has 2 aromatic rings. The number of thiophene rings is 1. The summed E-state index contributed by atoms with van der Waals surface area (Å²) in [5.41, 5.74) is 4.85. The quantitative estimate of drug-likeness (QED) is 0.674. The molecule has 0 aliphatic carbocycles. The summed E-state index contributed by atoms with van der Waals surface area (Å²) < 4.78 is 0. The van der Waals surface area contributed by atoms with Crippen molar-refractivity contribution < 1.29 is 9.59 Å². The minimum atomic E-state index is -0.301. The maximum atomic E-state index is 11.9. The van der Waals surface area contributed by atoms with E-state index in [9.17, 15) is 9.59 Å². The topological polar surface area (TPSA) is 58.2 Å². The first kappa shape index (κ1) is 14.6. The molecule has 0 saturated heterocycles. The van der Waals surface area contributed by atoms with E-state index in [2.05, 4.69) is 10.9 Å². The number of rotatable bonds is 4. The fourth-order valence-corrected chi connectivity index (χ4v) is 2.95. The van der Waals surface area contributed by atoms with Crippen LogP contribution in [-0.4, -0.2) is 17.1 Å². The normalized spacial score (nSPS) is 11.7. The maximum absolute atomic E-state index is 11.9. The van der Waals surface area contributed by atoms with Crippen molar-refractivity contribution in [1.82, 2.24) is 10.9 Å². The third-order valence-electron chi connectivity index (χ3n) is 2.47. The van der Waals surface area contributed by atoms with Crippen LogP contribution in [0.5, 0.6) is 0 Å². The summed E-state index contributed by atoms with van der Waals surface area (Å²) in [5, 5.41) is 1.52. The predicted octanol–water partition coefficient (Wildman–Crippen LogP) is 2.69. The molecule has 1 unspecified atom stereocenters. The van der Waals surface area contributed by atoms with Gasteiger partial charge in [0, 0.05) is 4.90 Å². The molecule has 6 heteroatoms. The van der Waals surface area contributed by atoms with Gasteiger partial charge in [-0.1, -0.05) is 24.3 Å². The lowest BCUT2D eigenvalue weighted by Crippen LogP contribution is -2.44. The number of thioether (sulfide) groups is 1. The molecule has 1 heterocycles. The molecule has 2 amide bonds. The van der Waals surface area contributed by atoms with Crippen molar-refractivity contribution in [1.29, 1.82) is 0 Å². The molecule has 0 fully saturated rings. The Morgan fingerprint density at radius 2 is 1.85 bits per heavy atom. The van der Waals surface area contributed by atoms with Crippen LogP contribution in [-0.2, 0) is 4.79 Å². The standard InChI is InChI=1S/C14H14N2O2S2/c1-10(20-11-6-3-2-4-7-11)13(17)15-16-14(18)12-8-5-9-19-12/h2-10H,1H3,(H,15,17)(H,16,18). The fourth-order valence-electron chi connectivity index (χ4n) is 1.45. The highest BCUT2D eigenvalue weighted by Gasteiger charge is 2.15. The molecule has 1 aromatic heterocycles. The van der Waals surface area contributed by atoms with Crippen LogP contribution in [0.25, 0.3) is 0 Å². The van der Waals surface area contributed by atoms with Crippen molar-refractivity contribution in [3.8, 4) is 0 Å². The van der Waals surface area contributed by atoms with Crippen molar-refractivity contribution in [2.45, 2.75) is 17.1 Å². The Bertz CT molecular complexity index is 570. The molecule has 0 saturated carbocycles. The lowest BCUT2D eigenvalue weighted by Gasteiger charge is -2.12. The van der Waals surface area contributed by atoms with Crippen molar-refractivity contribution in [2.24, 2.45) is 0 Å². The molecule has 0 bridgehead atoms. The van der Waals surface area contributed by atoms with E-state index in [0.717, 1.165) is 4.90 Å². The van der Waals surface area contributed by atoms with Gasteiger partial charge in [-0.3, -0.25) is 20.4 Å². The molecule has 2 N–H and O–H groups in total. The van der Waals surface area contributed by atoms with Crippen molar-refractivity contribution in [3.05, 3.63) is 52.7 Å². The van der Waals surface area contributed by atoms with Crippen molar-refractivity contribution >= 4 is 34.9 Å². The molecule has 0 aliphatic rings. The Balaban J connectivity index is 1.81. The van der Waals surface area contributed by atoms with Crippen LogP contribution in [0.4, 0.5) is 0 Å². The Kier molecular flexibility index (Phi) is 5.20. The highest BCUT2D eigenvalue weighted by atomic mass is 32.2. The third kappa shape index (κ3) is 4.11. The molecule has 0 radical (unpaired) electrons. The minimum Gasteiger partial charge on any atom is -0.272 e. The minimum absolute atomic E-state index is 0.233. The summed E-state index contributed by atoms with van der Waals surface area (Å²) in [6, 6.07) is 13.1. The van der Waals surface area contributed by atoms with Crippen LogP contribution in [0.2, 0.25) is 0 Å². The van der Waals surface area contributed by atoms with Crippen molar-refractivity contribution in [3.63, 3.8) is 0 Å². The van der Waals surface area contributed by atoms with Gasteiger partial charge in [0.05, 0.1) is 10.1 Å². The zero-order chi connectivity index (χ0) is 14.4. The molecule has 1 atom stereocenters. The van der Waals surface area contributed by atoms with Crippen LogP contribution < -0.4 is 10.9 Å². The first-order chi connectivity index (χ1) is 9.66. The molecule has 4 nitrogen and oxygen atoms in total. The Morgan fingerprint density at radius 1 is 1.10 bits per heavy atom. The van der Waals surface area contributed by atoms with Gasteiger partial charge in [0.2, 0.25) is 0 Å². The molecule has 2 rings (SSSR count). The zero-order valence-electron chi connectivity index (χ0n) is 10.8. The van der Waals surface area contributed by atoms with Crippen molar-refractivity contribution in [2.75, 3.05) is 0 Å². The summed E-state index contributed by atoms with van der Waals surface area (Å²) in [5.74, 6) is -0.533. The van der Waals surface area contributed by atoms with Gasteiger partial charge in [0.25, 0.3) is 11.8 Å². The van der Waals surface area contributed by atoms with Crippen LogP contribution in [0.15, 0.2) is 52.7 Å². The smallest absolute Gasteiger partial charge is 0.272 e. The van der Waals surface area contributed by atoms with Gasteiger partial charge in [-0.2, -0.15) is 0 Å². The Labute approximate surface area is 125 Å². The van der Waals surface area contributed by atoms with E-state index in [1.165, 1.54) is 23.1 Å². The molecule has 104 valence electrons. The summed E-state index contributed by atoms with van der Waals surface area (Å²) in [6.45, 7) is 1.80. The van der Waals surface area contributed by atoms with Gasteiger partial charge in [-0.05, 0) is 30.5 Å². The van der Waals surface area contributed by atoms with Crippen LogP contribution in [0.1, 0.15) is 16.6 Å². The highest BCUT2D eigenvalue weighted by Crippen LogP contribution is 2.22. The SMILES string of the molecule is CC(Sc1ccccc1)C(=O)NNC(=O)c1cccs1. The van der Waals surface area contributed by atoms with E-state index in [1.807, 2.05) is 35.7 Å². The third-order valence-corrected chi connectivity index (χ3v) is 4.45. The number of hydrogen-bond donors (Lipinski definition) is 2. The van der Waals surface area contributed by atoms with Gasteiger partial charge < -0.3 is 0 Å². The van der Waals surface area contributed by atoms with E-state index in [1.54, 1.807) is 19.1 Å². The van der Waals surface area contributed by atoms with Gasteiger partial charge in [-0.25, -0.2) is 0 Å². The average Bonchev–Trinajstić information content (AvgIpc) is 2.99. The van der Waals surface area contributed by atoms with Crippen LogP contribution in [0, 0.1) is 0 Å². The zero-order valence-corrected chi connectivity index (χ0v) is 12.5. The number of amides is 2. The number of nitrogens with one attached hydrogen (secondary N) is 2. The molecular formula is C14H14N2O2S2. The molecule has 0 spiro atoms. The van der Waals surface area contributed by atoms with E-state index in [0.29, 0.717) is 4.88 Å². The Hall–Kier alpha value is -1.79. The van der Waals surface area contributed by atoms with Crippen LogP contribution in [0.3, 0.4) is 0 Å². The van der Waals surface area contributed by atoms with E-state index in [4.69, 9.17) is 0 Å². The van der Waals surface area contributed by atoms with Gasteiger partial charge in [0.1, 0.15) is 0 Å². The number of hydrazine groups is 1. The summed E-state index contributed by atoms with van der Waals surface area (Å²) in [6.07, 6.45) is 0. The molecule has 1 aromatic carbocycles. The average molecular weight is 306 g/mol. The summed E-state index contributed by atoms with van der Waals surface area (Å²) in [4.78, 5) is 25.1. The van der Waals surface area contributed by atoms with E-state index >= 15 is 0 Å². The first-order valence-corrected chi connectivity index (χ1v) is 7.78.